The molecule has 0 radical (unpaired) electrons. The maximum Gasteiger partial charge on any atom is 1.00 e. The van der Waals surface area contributed by atoms with Crippen LogP contribution in [0.5, 0.6) is 0 Å². The Labute approximate surface area is 138 Å². The Kier molecular flexibility index (Phi) is 7.46. The first-order valence-electron chi connectivity index (χ1n) is 5.45. The van der Waals surface area contributed by atoms with Crippen LogP contribution in [0.1, 0.15) is 33.1 Å². The van der Waals surface area contributed by atoms with Gasteiger partial charge in [-0.1, -0.05) is 6.42 Å². The molecule has 2 atom stereocenters. The van der Waals surface area contributed by atoms with Gasteiger partial charge < -0.3 is 12.9 Å². The van der Waals surface area contributed by atoms with E-state index in [2.05, 4.69) is 6.58 Å². The zero-order valence-electron chi connectivity index (χ0n) is 10.3. The SMILES string of the molecule is C=C(CN1[C@H](C)CCC[C@@H]1C)[B-](F)(F)F.[K+]. The number of hydrogen-bond acceptors (Lipinski definition) is 1. The predicted octanol–water partition coefficient (Wildman–Crippen LogP) is 0.196. The third kappa shape index (κ3) is 4.82. The monoisotopic (exact) mass is 259 g/mol. The van der Waals surface area contributed by atoms with Crippen molar-refractivity contribution in [1.82, 2.24) is 4.90 Å². The van der Waals surface area contributed by atoms with Gasteiger partial charge in [-0.15, -0.1) is 12.1 Å². The third-order valence-corrected chi connectivity index (χ3v) is 3.22. The van der Waals surface area contributed by atoms with Crippen LogP contribution >= 0.6 is 0 Å². The molecule has 0 aromatic carbocycles. The summed E-state index contributed by atoms with van der Waals surface area (Å²) in [5.74, 6) is 0. The van der Waals surface area contributed by atoms with Crippen molar-refractivity contribution in [2.75, 3.05) is 6.54 Å². The number of hydrogen-bond donors (Lipinski definition) is 0. The van der Waals surface area contributed by atoms with Gasteiger partial charge in [0.05, 0.1) is 0 Å². The van der Waals surface area contributed by atoms with E-state index in [1.807, 2.05) is 18.7 Å². The van der Waals surface area contributed by atoms with E-state index in [4.69, 9.17) is 0 Å². The minimum atomic E-state index is -4.88. The topological polar surface area (TPSA) is 3.24 Å². The largest absolute Gasteiger partial charge is 1.00 e. The Balaban J connectivity index is 0.00000225. The summed E-state index contributed by atoms with van der Waals surface area (Å²) >= 11 is 0. The maximum absolute atomic E-state index is 12.4. The van der Waals surface area contributed by atoms with Crippen LogP contribution in [0.25, 0.3) is 0 Å². The number of likely N-dealkylation sites (tertiary alicyclic amines) is 1. The summed E-state index contributed by atoms with van der Waals surface area (Å²) in [6.45, 7) is 2.24. The molecule has 0 aromatic heterocycles. The molecular formula is C10H18BF3KN. The molecule has 1 nitrogen and oxygen atoms in total. The summed E-state index contributed by atoms with van der Waals surface area (Å²) in [5.41, 5.74) is -0.574. The minimum Gasteiger partial charge on any atom is -0.445 e. The second-order valence-corrected chi connectivity index (χ2v) is 4.53. The normalized spacial score (nSPS) is 27.3. The van der Waals surface area contributed by atoms with Crippen molar-refractivity contribution in [3.05, 3.63) is 12.1 Å². The second kappa shape index (κ2) is 6.95. The molecule has 0 bridgehead atoms. The van der Waals surface area contributed by atoms with Gasteiger partial charge in [-0.25, -0.2) is 0 Å². The quantitative estimate of drug-likeness (QED) is 0.654. The van der Waals surface area contributed by atoms with Gasteiger partial charge in [0.1, 0.15) is 0 Å². The number of halogens is 3. The van der Waals surface area contributed by atoms with Gasteiger partial charge in [0, 0.05) is 12.1 Å². The molecule has 1 aliphatic rings. The van der Waals surface area contributed by atoms with Crippen molar-refractivity contribution >= 4 is 6.98 Å². The summed E-state index contributed by atoms with van der Waals surface area (Å²) in [4.78, 5) is 1.92. The van der Waals surface area contributed by atoms with Crippen LogP contribution < -0.4 is 51.4 Å². The predicted molar refractivity (Wildman–Crippen MR) is 57.7 cm³/mol. The van der Waals surface area contributed by atoms with Crippen molar-refractivity contribution in [3.63, 3.8) is 0 Å². The summed E-state index contributed by atoms with van der Waals surface area (Å²) in [7, 11) is 0. The molecule has 1 saturated heterocycles. The van der Waals surface area contributed by atoms with Gasteiger partial charge in [0.25, 0.3) is 0 Å². The van der Waals surface area contributed by atoms with E-state index in [1.165, 1.54) is 0 Å². The molecule has 6 heteroatoms. The molecule has 1 heterocycles. The molecule has 1 rings (SSSR count). The van der Waals surface area contributed by atoms with E-state index in [9.17, 15) is 12.9 Å². The molecule has 88 valence electrons. The van der Waals surface area contributed by atoms with Crippen LogP contribution in [0.4, 0.5) is 12.9 Å². The van der Waals surface area contributed by atoms with E-state index in [0.717, 1.165) is 19.3 Å². The minimum absolute atomic E-state index is 0. The Morgan fingerprint density at radius 1 is 1.25 bits per heavy atom. The van der Waals surface area contributed by atoms with Gasteiger partial charge in [-0.2, -0.15) is 0 Å². The molecule has 0 saturated carbocycles. The smallest absolute Gasteiger partial charge is 0.445 e. The summed E-state index contributed by atoms with van der Waals surface area (Å²) in [6, 6.07) is 0.479. The van der Waals surface area contributed by atoms with Gasteiger partial charge in [-0.05, 0) is 33.2 Å². The zero-order valence-corrected chi connectivity index (χ0v) is 13.5. The third-order valence-electron chi connectivity index (χ3n) is 3.22. The zero-order chi connectivity index (χ0) is 11.6. The first kappa shape index (κ1) is 17.2. The number of nitrogens with zero attached hydrogens (tertiary/aromatic N) is 1. The molecular weight excluding hydrogens is 241 g/mol. The molecule has 1 aliphatic heterocycles. The molecule has 16 heavy (non-hydrogen) atoms. The summed E-state index contributed by atoms with van der Waals surface area (Å²) in [6.07, 6.45) is 3.09. The molecule has 1 fully saturated rings. The van der Waals surface area contributed by atoms with E-state index in [0.29, 0.717) is 0 Å². The van der Waals surface area contributed by atoms with E-state index in [1.54, 1.807) is 0 Å². The van der Waals surface area contributed by atoms with Gasteiger partial charge in [0.2, 0.25) is 0 Å². The average molecular weight is 259 g/mol. The fraction of sp³-hybridized carbons (Fsp3) is 0.800. The Hall–Kier alpha value is 1.19. The first-order valence-corrected chi connectivity index (χ1v) is 5.45. The standard InChI is InChI=1S/C10H18BF3N.K/c1-8(11(12,13)14)7-15-9(2)5-4-6-10(15)3;/h9-10H,1,4-7H2,2-3H3;/q-1;+1/t9-,10+;. The number of piperidine rings is 1. The van der Waals surface area contributed by atoms with E-state index >= 15 is 0 Å². The van der Waals surface area contributed by atoms with Crippen molar-refractivity contribution in [2.45, 2.75) is 45.2 Å². The molecule has 0 aliphatic carbocycles. The van der Waals surface area contributed by atoms with Gasteiger partial charge in [-0.3, -0.25) is 4.90 Å². The number of rotatable bonds is 3. The fourth-order valence-electron chi connectivity index (χ4n) is 2.12. The maximum atomic E-state index is 12.4. The van der Waals surface area contributed by atoms with E-state index in [-0.39, 0.29) is 70.0 Å². The van der Waals surface area contributed by atoms with Crippen molar-refractivity contribution < 1.29 is 64.3 Å². The summed E-state index contributed by atoms with van der Waals surface area (Å²) < 4.78 is 37.2. The molecule has 0 N–H and O–H groups in total. The average Bonchev–Trinajstić information content (AvgIpc) is 2.09. The van der Waals surface area contributed by atoms with Crippen molar-refractivity contribution in [1.29, 1.82) is 0 Å². The van der Waals surface area contributed by atoms with Gasteiger partial charge >= 0.3 is 58.4 Å². The fourth-order valence-corrected chi connectivity index (χ4v) is 2.12. The van der Waals surface area contributed by atoms with Crippen LogP contribution in [0.3, 0.4) is 0 Å². The molecule has 0 aromatic rings. The van der Waals surface area contributed by atoms with Crippen molar-refractivity contribution in [2.24, 2.45) is 0 Å². The van der Waals surface area contributed by atoms with E-state index < -0.39 is 12.4 Å². The Bertz CT molecular complexity index is 235. The molecule has 0 spiro atoms. The first-order chi connectivity index (χ1) is 6.82. The Morgan fingerprint density at radius 2 is 1.69 bits per heavy atom. The Morgan fingerprint density at radius 3 is 2.06 bits per heavy atom. The second-order valence-electron chi connectivity index (χ2n) is 4.53. The van der Waals surface area contributed by atoms with Crippen LogP contribution in [0.15, 0.2) is 12.1 Å². The van der Waals surface area contributed by atoms with Gasteiger partial charge in [0.15, 0.2) is 0 Å². The summed E-state index contributed by atoms with van der Waals surface area (Å²) in [5, 5.41) is 0. The van der Waals surface area contributed by atoms with Crippen LogP contribution in [0, 0.1) is 0 Å². The van der Waals surface area contributed by atoms with Crippen molar-refractivity contribution in [3.8, 4) is 0 Å². The van der Waals surface area contributed by atoms with Crippen LogP contribution in [0.2, 0.25) is 0 Å². The molecule has 0 unspecified atom stereocenters. The van der Waals surface area contributed by atoms with Crippen LogP contribution in [-0.4, -0.2) is 30.5 Å². The molecule has 0 amide bonds. The van der Waals surface area contributed by atoms with Crippen LogP contribution in [-0.2, 0) is 0 Å².